The number of carbonyl (C=O) groups excluding carboxylic acids is 3. The van der Waals surface area contributed by atoms with Crippen molar-refractivity contribution in [1.82, 2.24) is 92.4 Å². The molecule has 2 aliphatic carbocycles. The van der Waals surface area contributed by atoms with Crippen LogP contribution in [0.15, 0.2) is 162 Å². The van der Waals surface area contributed by atoms with Gasteiger partial charge in [-0.25, -0.2) is 79.9 Å². The van der Waals surface area contributed by atoms with Gasteiger partial charge in [0.05, 0.1) is 97.4 Å². The summed E-state index contributed by atoms with van der Waals surface area (Å²) in [6.45, 7) is 29.8. The van der Waals surface area contributed by atoms with Gasteiger partial charge in [-0.15, -0.1) is 0 Å². The largest absolute Gasteiger partial charge is 0.467 e. The fraction of sp³-hybridized carbons (Fsp3) is 0.323. The quantitative estimate of drug-likeness (QED) is 0.0503. The fourth-order valence-electron chi connectivity index (χ4n) is 18.1. The van der Waals surface area contributed by atoms with Crippen molar-refractivity contribution < 1.29 is 41.1 Å². The summed E-state index contributed by atoms with van der Waals surface area (Å²) in [4.78, 5) is 141. The van der Waals surface area contributed by atoms with E-state index in [1.807, 2.05) is 105 Å². The predicted octanol–water partition coefficient (Wildman–Crippen LogP) is 14.2. The van der Waals surface area contributed by atoms with E-state index >= 15 is 17.6 Å². The summed E-state index contributed by atoms with van der Waals surface area (Å²) in [6.07, 6.45) is 10.7. The SMILES string of the molecule is C=CC(=O)N1CCN(c2nc(=O)n(-c3c(C(C)C)nc4c(ncn4C)c3C)c3nc(-c4ccccc4F)c(F)cc23)[C@@H](C)C1.C=CC(=O)N1CCN(c2nc(=O)n(-c3c(C4CC4)nc(OC)nc3C3CC3)c3nc(-c4c(N)cccc4F)c(F)cc23)[C@@H](C)C1.C=CC(=O)N1CCN(c2nc(=O)n(-c3ccc4c(ncn4C)c3C(C)C)c3nc(-c4ccccc4F)c(Cl)cc23)[C@@H](C)C1. The van der Waals surface area contributed by atoms with E-state index < -0.39 is 46.2 Å². The standard InChI is InChI=1S/C32H31ClFN7O2.C32H32F2N8O3.C32H32F2N8O2/c1-6-26(42)39-13-14-40(19(4)16-39)30-21-15-22(33)28(20-9-7-8-10-23(20)34)36-31(21)41(32(43)37-30)24-11-12-25-29(27(24)18(2)3)35-17-38(25)5;1-4-23(43)40-12-13-41(16(2)15-40)29-19-14-21(34)27(24-20(33)6-5-7-22(24)35)36-30(19)42(32(44)39-29)28-25(17-8-9-17)37-31(45-3)38-26(28)18-10-11-18;1-7-24(43)40-12-13-41(18(4)15-40)29-21-14-23(34)27(20-10-8-9-11-22(20)33)37-30(21)42(32(44)38-29)28-19(5)26-31(39(6)16-35-26)36-25(28)17(2)3/h6-12,15,17-19H,1,13-14,16H2,2-5H3;4-7,14,16-18H,1,8-13,15,35H2,2-3H3;7-11,14,16-18H,1,12-13,15H2,2-6H3/t19-;16-;18-/m000/s1. The van der Waals surface area contributed by atoms with Crippen LogP contribution in [0.4, 0.5) is 45.1 Å². The summed E-state index contributed by atoms with van der Waals surface area (Å²) < 4.78 is 90.5. The summed E-state index contributed by atoms with van der Waals surface area (Å²) in [6, 6.07) is 23.6. The molecule has 3 saturated heterocycles. The molecule has 0 spiro atoms. The number of aromatic nitrogens is 16. The van der Waals surface area contributed by atoms with Crippen molar-refractivity contribution in [1.29, 1.82) is 0 Å². The number of hydrogen-bond donors (Lipinski definition) is 1. The molecule has 36 heteroatoms. The molecule has 30 nitrogen and oxygen atoms in total. The number of piperazine rings is 3. The Labute approximate surface area is 758 Å². The average molecular weight is 1810 g/mol. The lowest BCUT2D eigenvalue weighted by atomic mass is 9.99. The van der Waals surface area contributed by atoms with Crippen LogP contribution in [0.2, 0.25) is 5.02 Å². The Hall–Kier alpha value is -14.5. The van der Waals surface area contributed by atoms with Crippen LogP contribution in [0.1, 0.15) is 126 Å². The molecule has 4 aromatic carbocycles. The maximum Gasteiger partial charge on any atom is 0.355 e. The van der Waals surface area contributed by atoms with Crippen LogP contribution in [-0.4, -0.2) is 194 Å². The molecule has 3 amide bonds. The van der Waals surface area contributed by atoms with Crippen molar-refractivity contribution in [2.24, 2.45) is 14.1 Å². The molecule has 5 fully saturated rings. The zero-order chi connectivity index (χ0) is 93.6. The van der Waals surface area contributed by atoms with Gasteiger partial charge in [0.25, 0.3) is 0 Å². The minimum Gasteiger partial charge on any atom is -0.467 e. The number of ether oxygens (including phenoxy) is 1. The van der Waals surface area contributed by atoms with E-state index in [1.54, 1.807) is 57.7 Å². The van der Waals surface area contributed by atoms with Gasteiger partial charge in [0, 0.05) is 131 Å². The highest BCUT2D eigenvalue weighted by Gasteiger charge is 2.41. The first-order valence-electron chi connectivity index (χ1n) is 43.5. The van der Waals surface area contributed by atoms with E-state index in [2.05, 4.69) is 64.6 Å². The first kappa shape index (κ1) is 89.5. The molecule has 3 aliphatic heterocycles. The van der Waals surface area contributed by atoms with Crippen molar-refractivity contribution in [2.45, 2.75) is 123 Å². The number of nitrogens with two attached hydrogens (primary N) is 1. The smallest absolute Gasteiger partial charge is 0.355 e. The normalized spacial score (nSPS) is 16.5. The second kappa shape index (κ2) is 35.7. The summed E-state index contributed by atoms with van der Waals surface area (Å²) in [5, 5.41) is 1.28. The summed E-state index contributed by atoms with van der Waals surface area (Å²) in [5.74, 6) is -3.08. The van der Waals surface area contributed by atoms with Gasteiger partial charge in [-0.1, -0.05) is 89.4 Å². The van der Waals surface area contributed by atoms with E-state index in [4.69, 9.17) is 32.0 Å². The highest BCUT2D eigenvalue weighted by Crippen LogP contribution is 2.50. The molecule has 678 valence electrons. The molecule has 14 aromatic rings. The first-order chi connectivity index (χ1) is 63.3. The van der Waals surface area contributed by atoms with Gasteiger partial charge in [0.2, 0.25) is 17.7 Å². The third-order valence-electron chi connectivity index (χ3n) is 24.9. The summed E-state index contributed by atoms with van der Waals surface area (Å²) in [5.41, 5.74) is 12.4. The number of aryl methyl sites for hydroxylation is 3. The predicted molar refractivity (Wildman–Crippen MR) is 497 cm³/mol. The van der Waals surface area contributed by atoms with Crippen molar-refractivity contribution in [2.75, 3.05) is 86.4 Å². The number of nitrogens with zero attached hydrogens (tertiary/aromatic N) is 22. The van der Waals surface area contributed by atoms with Crippen LogP contribution in [-0.2, 0) is 28.5 Å². The van der Waals surface area contributed by atoms with E-state index in [0.717, 1.165) is 42.3 Å². The Balaban J connectivity index is 0.000000138. The number of nitrogen functional groups attached to an aromatic ring is 1. The molecule has 0 bridgehead atoms. The van der Waals surface area contributed by atoms with Gasteiger partial charge in [-0.3, -0.25) is 14.4 Å². The van der Waals surface area contributed by atoms with Gasteiger partial charge in [-0.2, -0.15) is 24.9 Å². The van der Waals surface area contributed by atoms with Crippen LogP contribution in [0, 0.1) is 36.0 Å². The van der Waals surface area contributed by atoms with Crippen molar-refractivity contribution >= 4 is 108 Å². The van der Waals surface area contributed by atoms with Crippen LogP contribution in [0.5, 0.6) is 6.01 Å². The van der Waals surface area contributed by atoms with Gasteiger partial charge in [0.1, 0.15) is 57.6 Å². The average Bonchev–Trinajstić information content (AvgIpc) is 1.24. The third kappa shape index (κ3) is 16.2. The Morgan fingerprint density at radius 1 is 0.492 bits per heavy atom. The lowest BCUT2D eigenvalue weighted by Crippen LogP contribution is -2.54. The van der Waals surface area contributed by atoms with Crippen molar-refractivity contribution in [3.63, 3.8) is 0 Å². The van der Waals surface area contributed by atoms with Gasteiger partial charge < -0.3 is 49.0 Å². The molecule has 132 heavy (non-hydrogen) atoms. The van der Waals surface area contributed by atoms with Gasteiger partial charge in [0.15, 0.2) is 28.4 Å². The number of anilines is 4. The Bertz CT molecular complexity index is 7260. The topological polar surface area (TPSA) is 324 Å². The number of imidazole rings is 2. The van der Waals surface area contributed by atoms with E-state index in [1.165, 1.54) is 93.6 Å². The van der Waals surface area contributed by atoms with Gasteiger partial charge in [-0.05, 0) is 150 Å². The number of hydrogen-bond acceptors (Lipinski definition) is 22. The molecular weight excluding hydrogens is 1720 g/mol. The summed E-state index contributed by atoms with van der Waals surface area (Å²) in [7, 11) is 5.27. The first-order valence-corrected chi connectivity index (χ1v) is 43.9. The molecule has 2 N–H and O–H groups in total. The van der Waals surface area contributed by atoms with E-state index in [0.29, 0.717) is 127 Å². The number of fused-ring (bicyclic) bond motifs is 5. The van der Waals surface area contributed by atoms with Gasteiger partial charge >= 0.3 is 23.1 Å². The highest BCUT2D eigenvalue weighted by molar-refractivity contribution is 6.34. The molecule has 19 rings (SSSR count). The number of methoxy groups -OCH3 is 1. The number of pyridine rings is 4. The lowest BCUT2D eigenvalue weighted by molar-refractivity contribution is -0.127. The number of benzene rings is 4. The van der Waals surface area contributed by atoms with E-state index in [-0.39, 0.29) is 144 Å². The Kier molecular flexibility index (Phi) is 24.2. The van der Waals surface area contributed by atoms with Crippen LogP contribution < -0.4 is 42.2 Å². The Morgan fingerprint density at radius 3 is 1.40 bits per heavy atom. The molecule has 3 atom stereocenters. The number of rotatable bonds is 17. The molecule has 0 radical (unpaired) electrons. The second-order valence-electron chi connectivity index (χ2n) is 34.4. The van der Waals surface area contributed by atoms with Crippen LogP contribution in [0.3, 0.4) is 0 Å². The van der Waals surface area contributed by atoms with Crippen molar-refractivity contribution in [3.05, 3.63) is 241 Å². The molecule has 0 unspecified atom stereocenters. The maximum atomic E-state index is 16.1. The third-order valence-corrected chi connectivity index (χ3v) is 25.2. The van der Waals surface area contributed by atoms with E-state index in [9.17, 15) is 33.2 Å². The number of carbonyl (C=O) groups is 3. The molecular formula is C96H95ClF5N23O7. The molecule has 5 aliphatic rings. The number of amides is 3. The number of halogens is 6. The molecule has 2 saturated carbocycles. The minimum atomic E-state index is -0.823. The highest BCUT2D eigenvalue weighted by atomic mass is 35.5. The monoisotopic (exact) mass is 1810 g/mol. The lowest BCUT2D eigenvalue weighted by Gasteiger charge is -2.40. The van der Waals surface area contributed by atoms with Crippen LogP contribution in [0.25, 0.3) is 106 Å². The molecule has 13 heterocycles. The van der Waals surface area contributed by atoms with Crippen LogP contribution >= 0.6 is 11.6 Å². The fourth-order valence-corrected chi connectivity index (χ4v) is 18.3. The maximum absolute atomic E-state index is 16.1. The zero-order valence-electron chi connectivity index (χ0n) is 74.5. The molecule has 10 aromatic heterocycles. The zero-order valence-corrected chi connectivity index (χ0v) is 75.3. The second-order valence-corrected chi connectivity index (χ2v) is 34.8. The Morgan fingerprint density at radius 2 is 0.932 bits per heavy atom. The van der Waals surface area contributed by atoms with Crippen molar-refractivity contribution in [3.8, 4) is 56.8 Å². The summed E-state index contributed by atoms with van der Waals surface area (Å²) >= 11 is 6.80. The minimum absolute atomic E-state index is 0.00376.